The second-order valence-electron chi connectivity index (χ2n) is 1.24. The average Bonchev–Trinajstić information content (AvgIpc) is 1.62. The summed E-state index contributed by atoms with van der Waals surface area (Å²) in [7, 11) is 0. The molecule has 0 spiro atoms. The zero-order valence-electron chi connectivity index (χ0n) is 5.94. The number of halogens is 4. The van der Waals surface area contributed by atoms with E-state index in [9.17, 15) is 22.4 Å². The molecule has 0 radical (unpaired) electrons. The molecule has 1 unspecified atom stereocenters. The topological polar surface area (TPSA) is 37.3 Å². The number of hydrogen-bond acceptors (Lipinski definition) is 1. The van der Waals surface area contributed by atoms with Crippen molar-refractivity contribution in [1.29, 1.82) is 0 Å². The van der Waals surface area contributed by atoms with Gasteiger partial charge in [-0.1, -0.05) is 0 Å². The molecule has 0 heterocycles. The largest absolute Gasteiger partial charge is 1.00 e. The molecule has 1 atom stereocenters. The van der Waals surface area contributed by atoms with Crippen LogP contribution in [0.1, 0.15) is 1.43 Å². The molecule has 10 heavy (non-hydrogen) atoms. The second-order valence-corrected chi connectivity index (χ2v) is 1.24. The van der Waals surface area contributed by atoms with Crippen molar-refractivity contribution in [3.05, 3.63) is 0 Å². The number of aliphatic carboxylic acids is 1. The van der Waals surface area contributed by atoms with Gasteiger partial charge in [0.25, 0.3) is 6.17 Å². The van der Waals surface area contributed by atoms with Gasteiger partial charge in [-0.05, 0) is 0 Å². The summed E-state index contributed by atoms with van der Waals surface area (Å²) in [5.41, 5.74) is 0. The predicted octanol–water partition coefficient (Wildman–Crippen LogP) is -1.91. The average molecular weight is 170 g/mol. The van der Waals surface area contributed by atoms with Crippen LogP contribution < -0.4 is 29.6 Å². The van der Waals surface area contributed by atoms with Crippen molar-refractivity contribution in [1.82, 2.24) is 0 Å². The van der Waals surface area contributed by atoms with E-state index in [1.54, 1.807) is 0 Å². The maximum Gasteiger partial charge on any atom is 1.00 e. The maximum absolute atomic E-state index is 11.3. The summed E-state index contributed by atoms with van der Waals surface area (Å²) in [6, 6.07) is 0. The van der Waals surface area contributed by atoms with Gasteiger partial charge in [0.2, 0.25) is 0 Å². The fourth-order valence-corrected chi connectivity index (χ4v) is 0.140. The minimum atomic E-state index is -5.29. The summed E-state index contributed by atoms with van der Waals surface area (Å²) >= 11 is 0. The molecule has 0 bridgehead atoms. The Labute approximate surface area is 77.0 Å². The standard InChI is InChI=1S/C3H2F4O2.Na.H/c4-1(2(8)9)3(5,6)7;;/h1H,(H,8,9);;/q;+1;-1. The van der Waals surface area contributed by atoms with Crippen LogP contribution in [0.15, 0.2) is 0 Å². The van der Waals surface area contributed by atoms with Crippen LogP contribution in [0.5, 0.6) is 0 Å². The van der Waals surface area contributed by atoms with Crippen LogP contribution in [-0.2, 0) is 4.79 Å². The van der Waals surface area contributed by atoms with Gasteiger partial charge in [0, 0.05) is 0 Å². The molecule has 0 aromatic heterocycles. The molecule has 0 rings (SSSR count). The van der Waals surface area contributed by atoms with Crippen LogP contribution >= 0.6 is 0 Å². The first kappa shape index (κ1) is 12.8. The Kier molecular flexibility index (Phi) is 5.32. The minimum absolute atomic E-state index is 0. The van der Waals surface area contributed by atoms with Crippen LogP contribution in [0, 0.1) is 0 Å². The van der Waals surface area contributed by atoms with Crippen molar-refractivity contribution in [3.63, 3.8) is 0 Å². The summed E-state index contributed by atoms with van der Waals surface area (Å²) in [5, 5.41) is 7.42. The third-order valence-corrected chi connectivity index (χ3v) is 0.504. The summed E-state index contributed by atoms with van der Waals surface area (Å²) in [4.78, 5) is 9.25. The number of hydrogen-bond donors (Lipinski definition) is 1. The van der Waals surface area contributed by atoms with Gasteiger partial charge in [-0.25, -0.2) is 9.18 Å². The van der Waals surface area contributed by atoms with Crippen LogP contribution in [0.3, 0.4) is 0 Å². The first-order chi connectivity index (χ1) is 3.85. The summed E-state index contributed by atoms with van der Waals surface area (Å²) < 4.78 is 44.1. The first-order valence-corrected chi connectivity index (χ1v) is 1.79. The SMILES string of the molecule is O=C(O)C(F)C(F)(F)F.[H-].[Na+]. The van der Waals surface area contributed by atoms with Gasteiger partial charge in [0.05, 0.1) is 0 Å². The number of carboxylic acids is 1. The molecule has 1 N–H and O–H groups in total. The molecular formula is C3H3F4NaO2. The summed E-state index contributed by atoms with van der Waals surface area (Å²) in [6.07, 6.45) is -9.05. The fourth-order valence-electron chi connectivity index (χ4n) is 0.140. The molecule has 0 saturated carbocycles. The Hall–Kier alpha value is 0.190. The molecule has 0 aromatic rings. The maximum atomic E-state index is 11.3. The van der Waals surface area contributed by atoms with E-state index in [2.05, 4.69) is 0 Å². The van der Waals surface area contributed by atoms with Crippen LogP contribution in [-0.4, -0.2) is 23.4 Å². The minimum Gasteiger partial charge on any atom is -1.00 e. The van der Waals surface area contributed by atoms with Crippen molar-refractivity contribution in [3.8, 4) is 0 Å². The van der Waals surface area contributed by atoms with Gasteiger partial charge in [-0.3, -0.25) is 0 Å². The Morgan fingerprint density at radius 1 is 1.50 bits per heavy atom. The van der Waals surface area contributed by atoms with Gasteiger partial charge in [-0.2, -0.15) is 13.2 Å². The van der Waals surface area contributed by atoms with Gasteiger partial charge in [0.15, 0.2) is 0 Å². The van der Waals surface area contributed by atoms with E-state index in [4.69, 9.17) is 5.11 Å². The summed E-state index contributed by atoms with van der Waals surface area (Å²) in [6.45, 7) is 0. The van der Waals surface area contributed by atoms with E-state index in [0.29, 0.717) is 0 Å². The van der Waals surface area contributed by atoms with Crippen molar-refractivity contribution >= 4 is 5.97 Å². The molecule has 2 nitrogen and oxygen atoms in total. The Morgan fingerprint density at radius 3 is 1.80 bits per heavy atom. The van der Waals surface area contributed by atoms with E-state index < -0.39 is 18.3 Å². The fraction of sp³-hybridized carbons (Fsp3) is 0.667. The van der Waals surface area contributed by atoms with Crippen LogP contribution in [0.25, 0.3) is 0 Å². The van der Waals surface area contributed by atoms with Crippen molar-refractivity contribution < 1.29 is 58.4 Å². The number of rotatable bonds is 1. The van der Waals surface area contributed by atoms with Crippen molar-refractivity contribution in [2.75, 3.05) is 0 Å². The zero-order chi connectivity index (χ0) is 7.65. The second kappa shape index (κ2) is 4.15. The molecule has 0 fully saturated rings. The predicted molar refractivity (Wildman–Crippen MR) is 19.7 cm³/mol. The molecule has 56 valence electrons. The van der Waals surface area contributed by atoms with E-state index in [1.165, 1.54) is 0 Å². The Bertz CT molecular complexity index is 127. The van der Waals surface area contributed by atoms with E-state index in [-0.39, 0.29) is 31.0 Å². The molecule has 0 aliphatic heterocycles. The van der Waals surface area contributed by atoms with E-state index in [1.807, 2.05) is 0 Å². The summed E-state index contributed by atoms with van der Waals surface area (Å²) in [5.74, 6) is -2.51. The Balaban J connectivity index is -0.000000320. The number of carboxylic acid groups (broad SMARTS) is 1. The quantitative estimate of drug-likeness (QED) is 0.368. The third kappa shape index (κ3) is 4.08. The molecule has 0 saturated heterocycles. The molecular weight excluding hydrogens is 167 g/mol. The van der Waals surface area contributed by atoms with Gasteiger partial charge in [-0.15, -0.1) is 0 Å². The van der Waals surface area contributed by atoms with Crippen LogP contribution in [0.4, 0.5) is 17.6 Å². The van der Waals surface area contributed by atoms with Gasteiger partial charge in [0.1, 0.15) is 0 Å². The monoisotopic (exact) mass is 170 g/mol. The third-order valence-electron chi connectivity index (χ3n) is 0.504. The molecule has 7 heteroatoms. The van der Waals surface area contributed by atoms with Crippen molar-refractivity contribution in [2.24, 2.45) is 0 Å². The van der Waals surface area contributed by atoms with Crippen molar-refractivity contribution in [2.45, 2.75) is 12.3 Å². The van der Waals surface area contributed by atoms with Gasteiger partial charge < -0.3 is 6.53 Å². The molecule has 0 amide bonds. The van der Waals surface area contributed by atoms with E-state index in [0.717, 1.165) is 0 Å². The number of carbonyl (C=O) groups is 1. The molecule has 0 aliphatic carbocycles. The first-order valence-electron chi connectivity index (χ1n) is 1.79. The van der Waals surface area contributed by atoms with E-state index >= 15 is 0 Å². The molecule has 0 aromatic carbocycles. The normalized spacial score (nSPS) is 13.6. The smallest absolute Gasteiger partial charge is 1.00 e. The van der Waals surface area contributed by atoms with Gasteiger partial charge >= 0.3 is 41.7 Å². The van der Waals surface area contributed by atoms with Crippen LogP contribution in [0.2, 0.25) is 0 Å². The molecule has 0 aliphatic rings. The zero-order valence-corrected chi connectivity index (χ0v) is 6.94. The Morgan fingerprint density at radius 2 is 1.80 bits per heavy atom. The number of alkyl halides is 4.